The van der Waals surface area contributed by atoms with Gasteiger partial charge in [-0.2, -0.15) is 0 Å². The summed E-state index contributed by atoms with van der Waals surface area (Å²) in [7, 11) is 0. The maximum Gasteiger partial charge on any atom is 0.0634 e. The summed E-state index contributed by atoms with van der Waals surface area (Å²) < 4.78 is 4.92. The molecular weight excluding hydrogens is 92.1 g/mol. The average molecular weight is 102 g/mol. The van der Waals surface area contributed by atoms with Crippen molar-refractivity contribution < 1.29 is 4.74 Å². The number of rotatable bonds is 0. The molecule has 1 aliphatic heterocycles. The summed E-state index contributed by atoms with van der Waals surface area (Å²) >= 11 is 0. The zero-order chi connectivity index (χ0) is 5.28. The lowest BCUT2D eigenvalue weighted by atomic mass is 10.2. The Bertz CT molecular complexity index is 58.7. The second kappa shape index (κ2) is 1.78. The van der Waals surface area contributed by atoms with Gasteiger partial charge in [0.2, 0.25) is 0 Å². The van der Waals surface area contributed by atoms with Crippen LogP contribution < -0.4 is 11.5 Å². The van der Waals surface area contributed by atoms with Crippen LogP contribution in [0.4, 0.5) is 0 Å². The third-order valence-corrected chi connectivity index (χ3v) is 1.17. The first kappa shape index (κ1) is 5.03. The highest BCUT2D eigenvalue weighted by atomic mass is 16.5. The maximum atomic E-state index is 5.43. The lowest BCUT2D eigenvalue weighted by Gasteiger charge is -2.02. The molecule has 4 N–H and O–H groups in total. The Balaban J connectivity index is 2.33. The summed E-state index contributed by atoms with van der Waals surface area (Å²) in [6.07, 6.45) is 0. The van der Waals surface area contributed by atoms with Gasteiger partial charge in [0.1, 0.15) is 0 Å². The zero-order valence-electron chi connectivity index (χ0n) is 4.13. The molecular formula is C4H10N2O. The van der Waals surface area contributed by atoms with Gasteiger partial charge in [0, 0.05) is 12.1 Å². The SMILES string of the molecule is N[C@@H]1COC[C@H]1N. The molecule has 0 aromatic rings. The number of hydrogen-bond donors (Lipinski definition) is 2. The summed E-state index contributed by atoms with van der Waals surface area (Å²) in [6.45, 7) is 1.25. The Morgan fingerprint density at radius 2 is 1.57 bits per heavy atom. The molecule has 0 unspecified atom stereocenters. The molecule has 3 nitrogen and oxygen atoms in total. The minimum Gasteiger partial charge on any atom is -0.378 e. The van der Waals surface area contributed by atoms with Gasteiger partial charge in [-0.05, 0) is 0 Å². The molecule has 0 aromatic carbocycles. The van der Waals surface area contributed by atoms with E-state index in [0.717, 1.165) is 0 Å². The monoisotopic (exact) mass is 102 g/mol. The topological polar surface area (TPSA) is 61.3 Å². The zero-order valence-corrected chi connectivity index (χ0v) is 4.13. The Morgan fingerprint density at radius 3 is 1.71 bits per heavy atom. The van der Waals surface area contributed by atoms with Crippen molar-refractivity contribution in [2.75, 3.05) is 13.2 Å². The van der Waals surface area contributed by atoms with Crippen molar-refractivity contribution in [1.29, 1.82) is 0 Å². The first-order valence-electron chi connectivity index (χ1n) is 2.39. The van der Waals surface area contributed by atoms with Crippen molar-refractivity contribution in [2.24, 2.45) is 11.5 Å². The molecule has 3 heteroatoms. The van der Waals surface area contributed by atoms with Gasteiger partial charge in [0.05, 0.1) is 13.2 Å². The fraction of sp³-hybridized carbons (Fsp3) is 1.00. The fourth-order valence-corrected chi connectivity index (χ4v) is 0.587. The van der Waals surface area contributed by atoms with Crippen molar-refractivity contribution in [3.8, 4) is 0 Å². The minimum absolute atomic E-state index is 0.0694. The van der Waals surface area contributed by atoms with E-state index in [4.69, 9.17) is 16.2 Å². The van der Waals surface area contributed by atoms with Crippen molar-refractivity contribution >= 4 is 0 Å². The van der Waals surface area contributed by atoms with Crippen LogP contribution in [-0.2, 0) is 4.74 Å². The van der Waals surface area contributed by atoms with Crippen LogP contribution in [0.25, 0.3) is 0 Å². The molecule has 1 aliphatic rings. The van der Waals surface area contributed by atoms with Crippen molar-refractivity contribution in [3.05, 3.63) is 0 Å². The minimum atomic E-state index is 0.0694. The van der Waals surface area contributed by atoms with E-state index in [1.807, 2.05) is 0 Å². The third-order valence-electron chi connectivity index (χ3n) is 1.17. The lowest BCUT2D eigenvalue weighted by molar-refractivity contribution is 0.191. The summed E-state index contributed by atoms with van der Waals surface area (Å²) in [4.78, 5) is 0. The molecule has 2 atom stereocenters. The molecule has 0 aliphatic carbocycles. The quantitative estimate of drug-likeness (QED) is 0.398. The second-order valence-electron chi connectivity index (χ2n) is 1.87. The summed E-state index contributed by atoms with van der Waals surface area (Å²) in [5, 5.41) is 0. The standard InChI is InChI=1S/C4H10N2O/c5-3-1-7-2-4(3)6/h3-4H,1-2,5-6H2/t3-,4-/m1/s1. The van der Waals surface area contributed by atoms with Gasteiger partial charge in [-0.1, -0.05) is 0 Å². The normalized spacial score (nSPS) is 42.0. The Hall–Kier alpha value is -0.120. The Morgan fingerprint density at radius 1 is 1.14 bits per heavy atom. The van der Waals surface area contributed by atoms with Gasteiger partial charge in [-0.15, -0.1) is 0 Å². The molecule has 1 rings (SSSR count). The molecule has 0 radical (unpaired) electrons. The van der Waals surface area contributed by atoms with Gasteiger partial charge in [-0.25, -0.2) is 0 Å². The summed E-state index contributed by atoms with van der Waals surface area (Å²) in [5.74, 6) is 0. The predicted octanol–water partition coefficient (Wildman–Crippen LogP) is -1.33. The third kappa shape index (κ3) is 0.907. The fourth-order valence-electron chi connectivity index (χ4n) is 0.587. The second-order valence-corrected chi connectivity index (χ2v) is 1.87. The molecule has 42 valence electrons. The smallest absolute Gasteiger partial charge is 0.0634 e. The van der Waals surface area contributed by atoms with Gasteiger partial charge in [-0.3, -0.25) is 0 Å². The van der Waals surface area contributed by atoms with Gasteiger partial charge < -0.3 is 16.2 Å². The number of hydrogen-bond acceptors (Lipinski definition) is 3. The summed E-state index contributed by atoms with van der Waals surface area (Å²) in [6, 6.07) is 0.139. The van der Waals surface area contributed by atoms with Crippen molar-refractivity contribution in [3.63, 3.8) is 0 Å². The van der Waals surface area contributed by atoms with Gasteiger partial charge in [0.25, 0.3) is 0 Å². The molecule has 0 aromatic heterocycles. The lowest BCUT2D eigenvalue weighted by Crippen LogP contribution is -2.39. The van der Waals surface area contributed by atoms with E-state index in [1.54, 1.807) is 0 Å². The molecule has 0 saturated carbocycles. The average Bonchev–Trinajstić information content (AvgIpc) is 1.91. The van der Waals surface area contributed by atoms with Crippen LogP contribution in [0.2, 0.25) is 0 Å². The van der Waals surface area contributed by atoms with Crippen LogP contribution in [0.3, 0.4) is 0 Å². The molecule has 1 heterocycles. The molecule has 1 fully saturated rings. The molecule has 7 heavy (non-hydrogen) atoms. The molecule has 1 saturated heterocycles. The van der Waals surface area contributed by atoms with Crippen LogP contribution in [0.1, 0.15) is 0 Å². The maximum absolute atomic E-state index is 5.43. The summed E-state index contributed by atoms with van der Waals surface area (Å²) in [5.41, 5.74) is 10.9. The van der Waals surface area contributed by atoms with E-state index < -0.39 is 0 Å². The van der Waals surface area contributed by atoms with Crippen LogP contribution >= 0.6 is 0 Å². The largest absolute Gasteiger partial charge is 0.378 e. The first-order valence-corrected chi connectivity index (χ1v) is 2.39. The van der Waals surface area contributed by atoms with Crippen molar-refractivity contribution in [1.82, 2.24) is 0 Å². The van der Waals surface area contributed by atoms with E-state index in [1.165, 1.54) is 0 Å². The number of nitrogens with two attached hydrogens (primary N) is 2. The highest BCUT2D eigenvalue weighted by Crippen LogP contribution is 1.97. The first-order chi connectivity index (χ1) is 3.30. The molecule has 0 spiro atoms. The van der Waals surface area contributed by atoms with Gasteiger partial charge >= 0.3 is 0 Å². The highest BCUT2D eigenvalue weighted by molar-refractivity contribution is 4.80. The Labute approximate surface area is 42.6 Å². The van der Waals surface area contributed by atoms with Crippen LogP contribution in [0, 0.1) is 0 Å². The molecule has 0 amide bonds. The van der Waals surface area contributed by atoms with Crippen molar-refractivity contribution in [2.45, 2.75) is 12.1 Å². The van der Waals surface area contributed by atoms with E-state index in [2.05, 4.69) is 0 Å². The highest BCUT2D eigenvalue weighted by Gasteiger charge is 2.19. The molecule has 0 bridgehead atoms. The van der Waals surface area contributed by atoms with Crippen LogP contribution in [-0.4, -0.2) is 25.3 Å². The van der Waals surface area contributed by atoms with E-state index in [9.17, 15) is 0 Å². The Kier molecular flexibility index (Phi) is 1.27. The van der Waals surface area contributed by atoms with E-state index in [-0.39, 0.29) is 12.1 Å². The van der Waals surface area contributed by atoms with E-state index >= 15 is 0 Å². The van der Waals surface area contributed by atoms with Gasteiger partial charge in [0.15, 0.2) is 0 Å². The van der Waals surface area contributed by atoms with Crippen LogP contribution in [0.5, 0.6) is 0 Å². The predicted molar refractivity (Wildman–Crippen MR) is 26.8 cm³/mol. The number of ether oxygens (including phenoxy) is 1. The van der Waals surface area contributed by atoms with Crippen LogP contribution in [0.15, 0.2) is 0 Å². The van der Waals surface area contributed by atoms with E-state index in [0.29, 0.717) is 13.2 Å².